The normalized spacial score (nSPS) is 15.0. The Morgan fingerprint density at radius 2 is 2.28 bits per heavy atom. The molecule has 18 heavy (non-hydrogen) atoms. The first-order valence-electron chi connectivity index (χ1n) is 5.93. The first-order valence-corrected chi connectivity index (χ1v) is 5.93. The number of rotatable bonds is 2. The molecule has 0 radical (unpaired) electrons. The van der Waals surface area contributed by atoms with Crippen LogP contribution in [-0.2, 0) is 11.8 Å². The van der Waals surface area contributed by atoms with E-state index >= 15 is 0 Å². The van der Waals surface area contributed by atoms with Gasteiger partial charge in [0.1, 0.15) is 5.82 Å². The number of hydrogen-bond acceptors (Lipinski definition) is 3. The molecule has 1 fully saturated rings. The molecule has 94 valence electrons. The second kappa shape index (κ2) is 3.69. The largest absolute Gasteiger partial charge is 0.310 e. The minimum absolute atomic E-state index is 0.0135. The molecule has 0 saturated heterocycles. The molecule has 0 aromatic carbocycles. The van der Waals surface area contributed by atoms with E-state index in [4.69, 9.17) is 0 Å². The summed E-state index contributed by atoms with van der Waals surface area (Å²) in [6.45, 7) is 1.84. The number of aromatic nitrogens is 3. The minimum atomic E-state index is -0.102. The van der Waals surface area contributed by atoms with Crippen LogP contribution in [-0.4, -0.2) is 20.7 Å². The summed E-state index contributed by atoms with van der Waals surface area (Å²) in [5.41, 5.74) is 1.22. The maximum atomic E-state index is 11.8. The fourth-order valence-corrected chi connectivity index (χ4v) is 2.04. The van der Waals surface area contributed by atoms with Crippen LogP contribution in [0.15, 0.2) is 10.9 Å². The number of hydrogen-bond donors (Lipinski definition) is 2. The predicted molar refractivity (Wildman–Crippen MR) is 67.4 cm³/mol. The van der Waals surface area contributed by atoms with E-state index in [0.717, 1.165) is 18.4 Å². The van der Waals surface area contributed by atoms with E-state index in [9.17, 15) is 9.59 Å². The second-order valence-corrected chi connectivity index (χ2v) is 4.79. The molecule has 3 rings (SSSR count). The lowest BCUT2D eigenvalue weighted by Gasteiger charge is -2.04. The molecule has 1 aliphatic carbocycles. The molecule has 2 aromatic heterocycles. The van der Waals surface area contributed by atoms with Gasteiger partial charge in [0.2, 0.25) is 5.91 Å². The third-order valence-electron chi connectivity index (χ3n) is 3.21. The SMILES string of the molecule is Cc1cc(NC(=O)C2CC2)nc2[nH]n(C)c(=O)c12. The van der Waals surface area contributed by atoms with Crippen molar-refractivity contribution in [2.24, 2.45) is 13.0 Å². The van der Waals surface area contributed by atoms with Crippen molar-refractivity contribution in [3.8, 4) is 0 Å². The van der Waals surface area contributed by atoms with Crippen LogP contribution in [0, 0.1) is 12.8 Å². The second-order valence-electron chi connectivity index (χ2n) is 4.79. The lowest BCUT2D eigenvalue weighted by atomic mass is 10.2. The zero-order valence-corrected chi connectivity index (χ0v) is 10.3. The molecule has 0 aliphatic heterocycles. The van der Waals surface area contributed by atoms with Gasteiger partial charge in [-0.3, -0.25) is 19.4 Å². The van der Waals surface area contributed by atoms with E-state index in [0.29, 0.717) is 16.9 Å². The average molecular weight is 246 g/mol. The Kier molecular flexibility index (Phi) is 2.26. The number of anilines is 1. The van der Waals surface area contributed by atoms with Crippen molar-refractivity contribution in [3.05, 3.63) is 22.0 Å². The van der Waals surface area contributed by atoms with Crippen LogP contribution in [0.4, 0.5) is 5.82 Å². The van der Waals surface area contributed by atoms with Crippen LogP contribution in [0.1, 0.15) is 18.4 Å². The molecular formula is C12H14N4O2. The number of aromatic amines is 1. The van der Waals surface area contributed by atoms with Crippen LogP contribution in [0.3, 0.4) is 0 Å². The summed E-state index contributed by atoms with van der Waals surface area (Å²) >= 11 is 0. The molecule has 6 heteroatoms. The van der Waals surface area contributed by atoms with Crippen molar-refractivity contribution in [1.82, 2.24) is 14.8 Å². The molecule has 2 aromatic rings. The number of nitrogens with zero attached hydrogens (tertiary/aromatic N) is 2. The monoisotopic (exact) mass is 246 g/mol. The van der Waals surface area contributed by atoms with E-state index < -0.39 is 0 Å². The Morgan fingerprint density at radius 3 is 2.94 bits per heavy atom. The molecule has 1 saturated carbocycles. The van der Waals surface area contributed by atoms with Gasteiger partial charge < -0.3 is 5.32 Å². The fourth-order valence-electron chi connectivity index (χ4n) is 2.04. The van der Waals surface area contributed by atoms with Crippen LogP contribution < -0.4 is 10.9 Å². The van der Waals surface area contributed by atoms with Crippen LogP contribution in [0.2, 0.25) is 0 Å². The lowest BCUT2D eigenvalue weighted by Crippen LogP contribution is -2.15. The van der Waals surface area contributed by atoms with Gasteiger partial charge in [-0.2, -0.15) is 0 Å². The first kappa shape index (κ1) is 11.0. The summed E-state index contributed by atoms with van der Waals surface area (Å²) in [5.74, 6) is 0.649. The van der Waals surface area contributed by atoms with Gasteiger partial charge in [0, 0.05) is 13.0 Å². The summed E-state index contributed by atoms with van der Waals surface area (Å²) < 4.78 is 1.39. The fraction of sp³-hybridized carbons (Fsp3) is 0.417. The maximum Gasteiger partial charge on any atom is 0.276 e. The van der Waals surface area contributed by atoms with Gasteiger partial charge >= 0.3 is 0 Å². The quantitative estimate of drug-likeness (QED) is 0.826. The molecule has 0 spiro atoms. The zero-order chi connectivity index (χ0) is 12.9. The van der Waals surface area contributed by atoms with E-state index in [2.05, 4.69) is 15.4 Å². The highest BCUT2D eigenvalue weighted by Gasteiger charge is 2.29. The summed E-state index contributed by atoms with van der Waals surface area (Å²) in [7, 11) is 1.64. The van der Waals surface area contributed by atoms with Gasteiger partial charge in [-0.1, -0.05) is 0 Å². The molecule has 2 N–H and O–H groups in total. The molecule has 0 unspecified atom stereocenters. The van der Waals surface area contributed by atoms with Gasteiger partial charge in [-0.05, 0) is 31.4 Å². The predicted octanol–water partition coefficient (Wildman–Crippen LogP) is 0.919. The lowest BCUT2D eigenvalue weighted by molar-refractivity contribution is -0.117. The van der Waals surface area contributed by atoms with Crippen molar-refractivity contribution in [1.29, 1.82) is 0 Å². The van der Waals surface area contributed by atoms with E-state index in [1.807, 2.05) is 6.92 Å². The first-order chi connectivity index (χ1) is 8.56. The third-order valence-corrected chi connectivity index (χ3v) is 3.21. The summed E-state index contributed by atoms with van der Waals surface area (Å²) in [4.78, 5) is 27.7. The number of pyridine rings is 1. The highest BCUT2D eigenvalue weighted by Crippen LogP contribution is 2.30. The molecule has 1 amide bonds. The average Bonchev–Trinajstić information content (AvgIpc) is 3.07. The molecule has 6 nitrogen and oxygen atoms in total. The number of aryl methyl sites for hydroxylation is 2. The van der Waals surface area contributed by atoms with Crippen molar-refractivity contribution in [2.45, 2.75) is 19.8 Å². The molecular weight excluding hydrogens is 232 g/mol. The number of carbonyl (C=O) groups is 1. The van der Waals surface area contributed by atoms with E-state index in [-0.39, 0.29) is 17.4 Å². The number of amides is 1. The van der Waals surface area contributed by atoms with Crippen LogP contribution in [0.25, 0.3) is 11.0 Å². The van der Waals surface area contributed by atoms with Crippen LogP contribution >= 0.6 is 0 Å². The highest BCUT2D eigenvalue weighted by molar-refractivity contribution is 5.94. The smallest absolute Gasteiger partial charge is 0.276 e. The third kappa shape index (κ3) is 1.70. The zero-order valence-electron chi connectivity index (χ0n) is 10.3. The van der Waals surface area contributed by atoms with Crippen molar-refractivity contribution >= 4 is 22.8 Å². The van der Waals surface area contributed by atoms with Gasteiger partial charge in [-0.25, -0.2) is 4.98 Å². The van der Waals surface area contributed by atoms with Gasteiger partial charge in [0.15, 0.2) is 5.65 Å². The molecule has 0 atom stereocenters. The maximum absolute atomic E-state index is 11.8. The number of carbonyl (C=O) groups excluding carboxylic acids is 1. The van der Waals surface area contributed by atoms with Gasteiger partial charge in [0.05, 0.1) is 5.39 Å². The Hall–Kier alpha value is -2.11. The number of fused-ring (bicyclic) bond motifs is 1. The Morgan fingerprint density at radius 1 is 1.56 bits per heavy atom. The van der Waals surface area contributed by atoms with Gasteiger partial charge in [0.25, 0.3) is 5.56 Å². The Balaban J connectivity index is 2.04. The van der Waals surface area contributed by atoms with E-state index in [1.54, 1.807) is 13.1 Å². The number of H-pyrrole nitrogens is 1. The van der Waals surface area contributed by atoms with Gasteiger partial charge in [-0.15, -0.1) is 0 Å². The van der Waals surface area contributed by atoms with E-state index in [1.165, 1.54) is 4.68 Å². The Bertz CT molecular complexity index is 694. The summed E-state index contributed by atoms with van der Waals surface area (Å²) in [6.07, 6.45) is 1.91. The topological polar surface area (TPSA) is 79.8 Å². The standard InChI is InChI=1S/C12H14N4O2/c1-6-5-8(14-11(17)7-3-4-7)13-10-9(6)12(18)16(2)15-10/h5,7H,3-4H2,1-2H3,(H2,13,14,15,17). The summed E-state index contributed by atoms with van der Waals surface area (Å²) in [6, 6.07) is 1.73. The van der Waals surface area contributed by atoms with Crippen molar-refractivity contribution in [3.63, 3.8) is 0 Å². The number of nitrogens with one attached hydrogen (secondary N) is 2. The van der Waals surface area contributed by atoms with Crippen molar-refractivity contribution < 1.29 is 4.79 Å². The Labute approximate surface area is 103 Å². The molecule has 0 bridgehead atoms. The molecule has 2 heterocycles. The summed E-state index contributed by atoms with van der Waals surface area (Å²) in [5, 5.41) is 6.22. The van der Waals surface area contributed by atoms with Crippen LogP contribution in [0.5, 0.6) is 0 Å². The molecule has 1 aliphatic rings. The minimum Gasteiger partial charge on any atom is -0.310 e. The van der Waals surface area contributed by atoms with Crippen molar-refractivity contribution in [2.75, 3.05) is 5.32 Å². The highest BCUT2D eigenvalue weighted by atomic mass is 16.2.